The van der Waals surface area contributed by atoms with Crippen LogP contribution in [0.1, 0.15) is 20.8 Å². The molecule has 1 fully saturated rings. The van der Waals surface area contributed by atoms with Gasteiger partial charge in [-0.25, -0.2) is 0 Å². The van der Waals surface area contributed by atoms with Crippen LogP contribution in [0.25, 0.3) is 15.3 Å². The Morgan fingerprint density at radius 2 is 2.27 bits per heavy atom. The largest absolute Gasteiger partial charge is 0.463 e. The average molecular weight is 440 g/mol. The molecule has 0 spiro atoms. The van der Waals surface area contributed by atoms with Crippen molar-refractivity contribution in [3.8, 4) is 0 Å². The Kier molecular flexibility index (Phi) is 7.29. The molecule has 1 saturated heterocycles. The van der Waals surface area contributed by atoms with Gasteiger partial charge in [0, 0.05) is 28.7 Å². The lowest BCUT2D eigenvalue weighted by atomic mass is 9.85. The molecule has 0 saturated carbocycles. The fraction of sp³-hybridized carbons (Fsp3) is 0.562. The van der Waals surface area contributed by atoms with Gasteiger partial charge in [0.2, 0.25) is 0 Å². The van der Waals surface area contributed by atoms with E-state index in [2.05, 4.69) is 35.8 Å². The highest BCUT2D eigenvalue weighted by Crippen LogP contribution is 2.43. The molecule has 0 radical (unpaired) electrons. The first kappa shape index (κ1) is 20.5. The normalized spacial score (nSPS) is 27.9. The zero-order valence-corrected chi connectivity index (χ0v) is 16.9. The Balaban J connectivity index is 2.28. The SMILES string of the molecule is [C-]#[N+]c1ncc(Br)cc1S[C@H]1OC(COC(C)=O)[C@H](C)[C@H](N=[N+]=[N-])C1C. The monoisotopic (exact) mass is 439 g/mol. The first-order chi connectivity index (χ1) is 12.4. The van der Waals surface area contributed by atoms with Gasteiger partial charge in [0.15, 0.2) is 0 Å². The molecule has 5 atom stereocenters. The van der Waals surface area contributed by atoms with Gasteiger partial charge in [0.05, 0.1) is 10.6 Å². The number of carbonyl (C=O) groups excluding carboxylic acids is 1. The van der Waals surface area contributed by atoms with Crippen molar-refractivity contribution in [3.63, 3.8) is 0 Å². The van der Waals surface area contributed by atoms with Crippen molar-refractivity contribution in [1.82, 2.24) is 4.98 Å². The maximum Gasteiger partial charge on any atom is 0.302 e. The summed E-state index contributed by atoms with van der Waals surface area (Å²) in [5.74, 6) is -0.324. The molecule has 0 bridgehead atoms. The zero-order valence-electron chi connectivity index (χ0n) is 14.5. The van der Waals surface area contributed by atoms with E-state index < -0.39 is 12.1 Å². The number of nitrogens with zero attached hydrogens (tertiary/aromatic N) is 5. The van der Waals surface area contributed by atoms with Gasteiger partial charge >= 0.3 is 5.97 Å². The number of ether oxygens (including phenoxy) is 2. The third-order valence-electron chi connectivity index (χ3n) is 4.19. The van der Waals surface area contributed by atoms with Crippen molar-refractivity contribution in [2.75, 3.05) is 6.61 Å². The van der Waals surface area contributed by atoms with Crippen molar-refractivity contribution >= 4 is 39.5 Å². The van der Waals surface area contributed by atoms with Crippen molar-refractivity contribution < 1.29 is 14.3 Å². The zero-order chi connectivity index (χ0) is 19.3. The molecule has 2 heterocycles. The molecule has 0 aliphatic carbocycles. The van der Waals surface area contributed by atoms with Crippen LogP contribution in [0.3, 0.4) is 0 Å². The van der Waals surface area contributed by atoms with E-state index in [0.717, 1.165) is 4.47 Å². The Morgan fingerprint density at radius 3 is 2.88 bits per heavy atom. The van der Waals surface area contributed by atoms with Gasteiger partial charge < -0.3 is 14.3 Å². The van der Waals surface area contributed by atoms with E-state index in [4.69, 9.17) is 21.6 Å². The summed E-state index contributed by atoms with van der Waals surface area (Å²) >= 11 is 4.72. The molecule has 0 amide bonds. The second-order valence-electron chi connectivity index (χ2n) is 5.96. The number of azide groups is 1. The number of aromatic nitrogens is 1. The number of esters is 1. The van der Waals surface area contributed by atoms with Gasteiger partial charge in [-0.1, -0.05) is 25.5 Å². The molecule has 0 aromatic carbocycles. The highest BCUT2D eigenvalue weighted by atomic mass is 79.9. The lowest BCUT2D eigenvalue weighted by molar-refractivity contribution is -0.153. The Bertz CT molecular complexity index is 765. The van der Waals surface area contributed by atoms with Gasteiger partial charge in [0.25, 0.3) is 5.82 Å². The van der Waals surface area contributed by atoms with Crippen molar-refractivity contribution in [1.29, 1.82) is 0 Å². The van der Waals surface area contributed by atoms with E-state index in [9.17, 15) is 4.79 Å². The smallest absolute Gasteiger partial charge is 0.302 e. The maximum absolute atomic E-state index is 11.1. The van der Waals surface area contributed by atoms with Crippen LogP contribution in [-0.2, 0) is 14.3 Å². The summed E-state index contributed by atoms with van der Waals surface area (Å²) in [5, 5.41) is 3.94. The topological polar surface area (TPSA) is 102 Å². The van der Waals surface area contributed by atoms with Crippen LogP contribution in [0.2, 0.25) is 0 Å². The first-order valence-electron chi connectivity index (χ1n) is 7.90. The summed E-state index contributed by atoms with van der Waals surface area (Å²) in [5.41, 5.74) is 8.55. The lowest BCUT2D eigenvalue weighted by Crippen LogP contribution is -2.48. The molecule has 1 aromatic heterocycles. The quantitative estimate of drug-likeness (QED) is 0.217. The van der Waals surface area contributed by atoms with Crippen LogP contribution in [0, 0.1) is 18.4 Å². The highest BCUT2D eigenvalue weighted by molar-refractivity contribution is 9.10. The average Bonchev–Trinajstić information content (AvgIpc) is 2.60. The van der Waals surface area contributed by atoms with E-state index >= 15 is 0 Å². The van der Waals surface area contributed by atoms with E-state index in [1.54, 1.807) is 6.20 Å². The van der Waals surface area contributed by atoms with Gasteiger partial charge in [-0.15, -0.1) is 16.7 Å². The third kappa shape index (κ3) is 4.89. The summed E-state index contributed by atoms with van der Waals surface area (Å²) in [6.07, 6.45) is 1.16. The Hall–Kier alpha value is -1.79. The van der Waals surface area contributed by atoms with E-state index in [1.807, 2.05) is 19.9 Å². The van der Waals surface area contributed by atoms with Crippen LogP contribution in [0.5, 0.6) is 0 Å². The number of hydrogen-bond donors (Lipinski definition) is 0. The summed E-state index contributed by atoms with van der Waals surface area (Å²) in [7, 11) is 0. The van der Waals surface area contributed by atoms with Crippen LogP contribution in [-0.4, -0.2) is 35.1 Å². The molecule has 2 rings (SSSR count). The Morgan fingerprint density at radius 1 is 1.54 bits per heavy atom. The Labute approximate surface area is 164 Å². The van der Waals surface area contributed by atoms with Crippen LogP contribution in [0.15, 0.2) is 26.7 Å². The summed E-state index contributed by atoms with van der Waals surface area (Å²) < 4.78 is 12.0. The molecular formula is C16H18BrN5O3S. The van der Waals surface area contributed by atoms with E-state index in [0.29, 0.717) is 4.90 Å². The van der Waals surface area contributed by atoms with Crippen LogP contribution < -0.4 is 0 Å². The molecule has 8 nitrogen and oxygen atoms in total. The number of rotatable bonds is 5. The molecule has 2 unspecified atom stereocenters. The van der Waals surface area contributed by atoms with Crippen molar-refractivity contribution in [2.45, 2.75) is 43.2 Å². The molecule has 138 valence electrons. The number of pyridine rings is 1. The standard InChI is InChI=1S/C16H18BrN5O3S/c1-8-12(7-24-10(3)23)25-16(9(2)14(8)21-22-18)26-13-5-11(17)6-20-15(13)19-4/h5-6,8-9,12,14,16H,7H2,1-3H3/t8-,9?,12?,14-,16+/m0/s1. The number of hydrogen-bond acceptors (Lipinski definition) is 6. The summed E-state index contributed by atoms with van der Waals surface area (Å²) in [4.78, 5) is 22.3. The van der Waals surface area contributed by atoms with Crippen molar-refractivity contribution in [2.24, 2.45) is 17.0 Å². The number of carbonyl (C=O) groups is 1. The molecule has 0 N–H and O–H groups in total. The van der Waals surface area contributed by atoms with E-state index in [1.165, 1.54) is 18.7 Å². The first-order valence-corrected chi connectivity index (χ1v) is 9.57. The van der Waals surface area contributed by atoms with Crippen LogP contribution in [0.4, 0.5) is 5.82 Å². The van der Waals surface area contributed by atoms with E-state index in [-0.39, 0.29) is 35.7 Å². The third-order valence-corrected chi connectivity index (χ3v) is 5.95. The fourth-order valence-corrected chi connectivity index (χ4v) is 4.49. The minimum Gasteiger partial charge on any atom is -0.463 e. The second-order valence-corrected chi connectivity index (χ2v) is 8.02. The molecule has 10 heteroatoms. The fourth-order valence-electron chi connectivity index (χ4n) is 2.78. The molecular weight excluding hydrogens is 422 g/mol. The molecule has 26 heavy (non-hydrogen) atoms. The molecule has 1 aliphatic heterocycles. The van der Waals surface area contributed by atoms with Gasteiger partial charge in [-0.05, 0) is 33.4 Å². The second kappa shape index (κ2) is 9.24. The molecule has 1 aliphatic rings. The van der Waals surface area contributed by atoms with Gasteiger partial charge in [0.1, 0.15) is 18.2 Å². The minimum atomic E-state index is -0.403. The lowest BCUT2D eigenvalue weighted by Gasteiger charge is -2.42. The predicted octanol–water partition coefficient (Wildman–Crippen LogP) is 4.73. The number of halogens is 1. The van der Waals surface area contributed by atoms with Gasteiger partial charge in [-0.2, -0.15) is 0 Å². The minimum absolute atomic E-state index is 0.0874. The predicted molar refractivity (Wildman–Crippen MR) is 101 cm³/mol. The summed E-state index contributed by atoms with van der Waals surface area (Å²) in [6, 6.07) is 1.49. The molecule has 1 aromatic rings. The number of thioether (sulfide) groups is 1. The van der Waals surface area contributed by atoms with Crippen LogP contribution >= 0.6 is 27.7 Å². The highest BCUT2D eigenvalue weighted by Gasteiger charge is 2.42. The maximum atomic E-state index is 11.1. The van der Waals surface area contributed by atoms with Gasteiger partial charge in [-0.3, -0.25) is 4.79 Å². The summed E-state index contributed by atoms with van der Waals surface area (Å²) in [6.45, 7) is 12.6. The van der Waals surface area contributed by atoms with Crippen molar-refractivity contribution in [3.05, 3.63) is 38.6 Å².